The Morgan fingerprint density at radius 1 is 1.17 bits per heavy atom. The van der Waals surface area contributed by atoms with Crippen molar-refractivity contribution in [2.45, 2.75) is 64.5 Å². The molecule has 0 radical (unpaired) electrons. The Morgan fingerprint density at radius 3 is 2.73 bits per heavy atom. The first-order chi connectivity index (χ1) is 14.4. The molecule has 0 aliphatic heterocycles. The van der Waals surface area contributed by atoms with Crippen LogP contribution in [-0.2, 0) is 27.2 Å². The van der Waals surface area contributed by atoms with E-state index in [2.05, 4.69) is 20.9 Å². The van der Waals surface area contributed by atoms with Gasteiger partial charge in [-0.15, -0.1) is 22.7 Å². The van der Waals surface area contributed by atoms with Crippen LogP contribution in [0.15, 0.2) is 22.9 Å². The predicted octanol–water partition coefficient (Wildman–Crippen LogP) is 3.13. The number of nitrogens with zero attached hydrogens (tertiary/aromatic N) is 1. The Morgan fingerprint density at radius 2 is 2.00 bits per heavy atom. The van der Waals surface area contributed by atoms with Gasteiger partial charge in [0.15, 0.2) is 5.13 Å². The van der Waals surface area contributed by atoms with Gasteiger partial charge in [0, 0.05) is 28.3 Å². The van der Waals surface area contributed by atoms with Gasteiger partial charge in [-0.25, -0.2) is 4.98 Å². The largest absolute Gasteiger partial charge is 0.354 e. The van der Waals surface area contributed by atoms with Crippen molar-refractivity contribution >= 4 is 45.5 Å². The lowest BCUT2D eigenvalue weighted by molar-refractivity contribution is -0.128. The van der Waals surface area contributed by atoms with E-state index in [9.17, 15) is 14.4 Å². The van der Waals surface area contributed by atoms with E-state index in [1.165, 1.54) is 11.3 Å². The van der Waals surface area contributed by atoms with Crippen molar-refractivity contribution < 1.29 is 14.4 Å². The summed E-state index contributed by atoms with van der Waals surface area (Å²) in [6, 6.07) is 3.97. The lowest BCUT2D eigenvalue weighted by Gasteiger charge is -2.29. The van der Waals surface area contributed by atoms with Crippen molar-refractivity contribution in [2.24, 2.45) is 5.92 Å². The summed E-state index contributed by atoms with van der Waals surface area (Å²) in [6.07, 6.45) is 3.84. The van der Waals surface area contributed by atoms with Gasteiger partial charge >= 0.3 is 0 Å². The average Bonchev–Trinajstić information content (AvgIpc) is 3.33. The van der Waals surface area contributed by atoms with Crippen LogP contribution in [-0.4, -0.2) is 34.8 Å². The van der Waals surface area contributed by atoms with E-state index < -0.39 is 0 Å². The van der Waals surface area contributed by atoms with E-state index in [1.54, 1.807) is 16.7 Å². The second kappa shape index (κ2) is 10.7. The lowest BCUT2D eigenvalue weighted by Crippen LogP contribution is -2.44. The summed E-state index contributed by atoms with van der Waals surface area (Å²) in [5.41, 5.74) is 0.633. The third kappa shape index (κ3) is 6.91. The molecule has 0 bridgehead atoms. The third-order valence-corrected chi connectivity index (χ3v) is 6.58. The van der Waals surface area contributed by atoms with Crippen LogP contribution in [0.25, 0.3) is 0 Å². The van der Waals surface area contributed by atoms with Gasteiger partial charge in [-0.2, -0.15) is 0 Å². The number of hydrogen-bond donors (Lipinski definition) is 3. The summed E-state index contributed by atoms with van der Waals surface area (Å²) >= 11 is 2.86. The maximum Gasteiger partial charge on any atom is 0.231 e. The van der Waals surface area contributed by atoms with Crippen molar-refractivity contribution in [2.75, 3.05) is 5.32 Å². The monoisotopic (exact) mass is 448 g/mol. The summed E-state index contributed by atoms with van der Waals surface area (Å²) in [7, 11) is 0. The van der Waals surface area contributed by atoms with E-state index in [4.69, 9.17) is 0 Å². The highest BCUT2D eigenvalue weighted by molar-refractivity contribution is 7.14. The van der Waals surface area contributed by atoms with Crippen molar-refractivity contribution in [1.29, 1.82) is 0 Å². The van der Waals surface area contributed by atoms with Gasteiger partial charge < -0.3 is 16.0 Å². The van der Waals surface area contributed by atoms with E-state index in [1.807, 2.05) is 31.4 Å². The molecule has 0 saturated heterocycles. The van der Waals surface area contributed by atoms with Gasteiger partial charge in [0.1, 0.15) is 0 Å². The van der Waals surface area contributed by atoms with Crippen LogP contribution in [0.3, 0.4) is 0 Å². The standard InChI is InChI=1S/C21H28N4O3S2/c1-13(2)22-20(28)14-5-3-6-15(9-14)23-18(26)10-16-12-30-21(24-16)25-19(27)11-17-7-4-8-29-17/h4,7-8,12-15H,3,5-6,9-11H2,1-2H3,(H,22,28)(H,23,26)(H,24,25,27). The summed E-state index contributed by atoms with van der Waals surface area (Å²) in [5.74, 6) is -0.190. The zero-order valence-corrected chi connectivity index (χ0v) is 18.9. The van der Waals surface area contributed by atoms with Gasteiger partial charge in [0.2, 0.25) is 17.7 Å². The molecule has 0 aromatic carbocycles. The first kappa shape index (κ1) is 22.4. The van der Waals surface area contributed by atoms with Crippen LogP contribution in [0.2, 0.25) is 0 Å². The zero-order chi connectivity index (χ0) is 21.5. The highest BCUT2D eigenvalue weighted by Gasteiger charge is 2.28. The summed E-state index contributed by atoms with van der Waals surface area (Å²) in [6.45, 7) is 3.90. The molecule has 2 aromatic heterocycles. The smallest absolute Gasteiger partial charge is 0.231 e. The number of aromatic nitrogens is 1. The Bertz CT molecular complexity index is 863. The molecule has 3 N–H and O–H groups in total. The molecule has 162 valence electrons. The SMILES string of the molecule is CC(C)NC(=O)C1CCCC(NC(=O)Cc2csc(NC(=O)Cc3cccs3)n2)C1. The molecule has 1 aliphatic carbocycles. The van der Waals surface area contributed by atoms with E-state index in [0.717, 1.165) is 24.1 Å². The molecule has 7 nitrogen and oxygen atoms in total. The van der Waals surface area contributed by atoms with Gasteiger partial charge in [-0.1, -0.05) is 12.5 Å². The van der Waals surface area contributed by atoms with Gasteiger partial charge in [-0.3, -0.25) is 14.4 Å². The molecule has 2 heterocycles. The fourth-order valence-corrected chi connectivity index (χ4v) is 5.01. The number of amides is 3. The Balaban J connectivity index is 1.44. The molecule has 1 saturated carbocycles. The van der Waals surface area contributed by atoms with Crippen LogP contribution < -0.4 is 16.0 Å². The molecule has 2 atom stereocenters. The van der Waals surface area contributed by atoms with Crippen molar-refractivity contribution in [3.05, 3.63) is 33.5 Å². The molecule has 1 fully saturated rings. The van der Waals surface area contributed by atoms with Gasteiger partial charge in [0.25, 0.3) is 0 Å². The van der Waals surface area contributed by atoms with Crippen LogP contribution >= 0.6 is 22.7 Å². The molecular weight excluding hydrogens is 420 g/mol. The number of hydrogen-bond acceptors (Lipinski definition) is 6. The second-order valence-electron chi connectivity index (χ2n) is 7.92. The normalized spacial score (nSPS) is 18.8. The number of nitrogens with one attached hydrogen (secondary N) is 3. The molecule has 0 spiro atoms. The number of carbonyl (C=O) groups excluding carboxylic acids is 3. The van der Waals surface area contributed by atoms with E-state index in [-0.39, 0.29) is 42.1 Å². The maximum atomic E-state index is 12.4. The Hall–Kier alpha value is -2.26. The summed E-state index contributed by atoms with van der Waals surface area (Å²) in [5, 5.41) is 13.0. The van der Waals surface area contributed by atoms with Crippen LogP contribution in [0.4, 0.5) is 5.13 Å². The highest BCUT2D eigenvalue weighted by Crippen LogP contribution is 2.25. The molecule has 30 heavy (non-hydrogen) atoms. The predicted molar refractivity (Wildman–Crippen MR) is 120 cm³/mol. The number of carbonyl (C=O) groups is 3. The first-order valence-electron chi connectivity index (χ1n) is 10.3. The minimum absolute atomic E-state index is 0.0118. The average molecular weight is 449 g/mol. The number of anilines is 1. The van der Waals surface area contributed by atoms with Crippen LogP contribution in [0.1, 0.15) is 50.1 Å². The quantitative estimate of drug-likeness (QED) is 0.578. The fourth-order valence-electron chi connectivity index (χ4n) is 3.59. The third-order valence-electron chi connectivity index (χ3n) is 4.90. The number of thiazole rings is 1. The van der Waals surface area contributed by atoms with Crippen LogP contribution in [0.5, 0.6) is 0 Å². The molecule has 3 rings (SSSR count). The summed E-state index contributed by atoms with van der Waals surface area (Å²) in [4.78, 5) is 42.1. The van der Waals surface area contributed by atoms with Gasteiger partial charge in [0.05, 0.1) is 18.5 Å². The lowest BCUT2D eigenvalue weighted by atomic mass is 9.85. The van der Waals surface area contributed by atoms with Gasteiger partial charge in [-0.05, 0) is 44.6 Å². The minimum Gasteiger partial charge on any atom is -0.354 e. The topological polar surface area (TPSA) is 100 Å². The highest BCUT2D eigenvalue weighted by atomic mass is 32.1. The molecule has 2 aromatic rings. The molecule has 2 unspecified atom stereocenters. The van der Waals surface area contributed by atoms with Crippen molar-refractivity contribution in [3.63, 3.8) is 0 Å². The molecular formula is C21H28N4O3S2. The Labute approximate surface area is 184 Å². The fraction of sp³-hybridized carbons (Fsp3) is 0.524. The minimum atomic E-state index is -0.115. The number of thiophene rings is 1. The maximum absolute atomic E-state index is 12.4. The second-order valence-corrected chi connectivity index (χ2v) is 9.81. The molecule has 9 heteroatoms. The van der Waals surface area contributed by atoms with Crippen LogP contribution in [0, 0.1) is 5.92 Å². The Kier molecular flexibility index (Phi) is 7.98. The van der Waals surface area contributed by atoms with Crippen molar-refractivity contribution in [1.82, 2.24) is 15.6 Å². The molecule has 1 aliphatic rings. The van der Waals surface area contributed by atoms with E-state index >= 15 is 0 Å². The van der Waals surface area contributed by atoms with Crippen molar-refractivity contribution in [3.8, 4) is 0 Å². The molecule has 3 amide bonds. The summed E-state index contributed by atoms with van der Waals surface area (Å²) < 4.78 is 0. The number of rotatable bonds is 8. The van der Waals surface area contributed by atoms with E-state index in [0.29, 0.717) is 23.7 Å². The zero-order valence-electron chi connectivity index (χ0n) is 17.3. The first-order valence-corrected chi connectivity index (χ1v) is 12.0.